The summed E-state index contributed by atoms with van der Waals surface area (Å²) < 4.78 is 40.6. The average Bonchev–Trinajstić information content (AvgIpc) is 2.91. The number of rotatable bonds is 3. The number of amidine groups is 1. The summed E-state index contributed by atoms with van der Waals surface area (Å²) in [5.74, 6) is 0.000116. The third-order valence-electron chi connectivity index (χ3n) is 2.48. The quantitative estimate of drug-likeness (QED) is 0.538. The van der Waals surface area contributed by atoms with Crippen molar-refractivity contribution in [3.63, 3.8) is 0 Å². The lowest BCUT2D eigenvalue weighted by Crippen LogP contribution is -2.13. The van der Waals surface area contributed by atoms with E-state index in [1.165, 1.54) is 35.4 Å². The van der Waals surface area contributed by atoms with E-state index >= 15 is 0 Å². The second kappa shape index (κ2) is 5.54. The topological polar surface area (TPSA) is 56.2 Å². The fourth-order valence-electron chi connectivity index (χ4n) is 1.64. The molecule has 0 saturated heterocycles. The number of aliphatic imine (C=N–C) groups is 1. The Morgan fingerprint density at radius 3 is 2.70 bits per heavy atom. The highest BCUT2D eigenvalue weighted by Gasteiger charge is 2.34. The van der Waals surface area contributed by atoms with Crippen molar-refractivity contribution < 1.29 is 13.2 Å². The molecule has 106 valence electrons. The van der Waals surface area contributed by atoms with Crippen molar-refractivity contribution in [2.75, 3.05) is 5.88 Å². The van der Waals surface area contributed by atoms with Gasteiger partial charge in [-0.3, -0.25) is 0 Å². The predicted molar refractivity (Wildman–Crippen MR) is 70.6 cm³/mol. The van der Waals surface area contributed by atoms with Crippen LogP contribution in [0.3, 0.4) is 0 Å². The molecule has 20 heavy (non-hydrogen) atoms. The molecule has 1 aromatic carbocycles. The van der Waals surface area contributed by atoms with E-state index in [9.17, 15) is 13.2 Å². The third kappa shape index (κ3) is 3.11. The van der Waals surface area contributed by atoms with Crippen LogP contribution in [0.15, 0.2) is 41.9 Å². The Kier molecular flexibility index (Phi) is 3.99. The van der Waals surface area contributed by atoms with Gasteiger partial charge in [-0.15, -0.1) is 11.6 Å². The monoisotopic (exact) mass is 302 g/mol. The van der Waals surface area contributed by atoms with Crippen LogP contribution in [0.5, 0.6) is 0 Å². The average molecular weight is 303 g/mol. The summed E-state index contributed by atoms with van der Waals surface area (Å²) >= 11 is 5.45. The molecule has 0 aliphatic rings. The summed E-state index contributed by atoms with van der Waals surface area (Å²) in [5.41, 5.74) is 4.67. The fraction of sp³-hybridized carbons (Fsp3) is 0.167. The number of alkyl halides is 4. The van der Waals surface area contributed by atoms with Crippen molar-refractivity contribution in [2.45, 2.75) is 6.18 Å². The molecule has 0 aliphatic carbocycles. The summed E-state index contributed by atoms with van der Waals surface area (Å²) in [6, 6.07) is 3.67. The van der Waals surface area contributed by atoms with Crippen molar-refractivity contribution in [2.24, 2.45) is 10.7 Å². The predicted octanol–water partition coefficient (Wildman–Crippen LogP) is 3.12. The third-order valence-corrected chi connectivity index (χ3v) is 2.75. The van der Waals surface area contributed by atoms with Gasteiger partial charge in [-0.2, -0.15) is 13.2 Å². The highest BCUT2D eigenvalue weighted by Crippen LogP contribution is 2.36. The molecule has 2 aromatic rings. The van der Waals surface area contributed by atoms with E-state index in [4.69, 9.17) is 17.3 Å². The summed E-state index contributed by atoms with van der Waals surface area (Å²) in [4.78, 5) is 7.55. The number of hydrogen-bond donors (Lipinski definition) is 1. The van der Waals surface area contributed by atoms with Crippen LogP contribution in [-0.2, 0) is 6.18 Å². The molecular formula is C12H10ClF3N4. The van der Waals surface area contributed by atoms with Crippen molar-refractivity contribution >= 4 is 23.1 Å². The lowest BCUT2D eigenvalue weighted by molar-refractivity contribution is -0.137. The maximum Gasteiger partial charge on any atom is 0.418 e. The normalized spacial score (nSPS) is 12.7. The number of nitrogens with zero attached hydrogens (tertiary/aromatic N) is 3. The number of nitrogens with two attached hydrogens (primary N) is 1. The van der Waals surface area contributed by atoms with Crippen LogP contribution in [-0.4, -0.2) is 21.3 Å². The molecule has 0 saturated carbocycles. The Bertz CT molecular complexity index is 620. The Morgan fingerprint density at radius 2 is 2.15 bits per heavy atom. The highest BCUT2D eigenvalue weighted by atomic mass is 35.5. The molecule has 4 nitrogen and oxygen atoms in total. The Morgan fingerprint density at radius 1 is 1.40 bits per heavy atom. The van der Waals surface area contributed by atoms with Crippen LogP contribution < -0.4 is 5.73 Å². The summed E-state index contributed by atoms with van der Waals surface area (Å²) in [5, 5.41) is 0. The first-order valence-electron chi connectivity index (χ1n) is 5.50. The number of benzene rings is 1. The summed E-state index contributed by atoms with van der Waals surface area (Å²) in [7, 11) is 0. The van der Waals surface area contributed by atoms with Gasteiger partial charge in [0.15, 0.2) is 0 Å². The van der Waals surface area contributed by atoms with Gasteiger partial charge >= 0.3 is 6.18 Å². The summed E-state index contributed by atoms with van der Waals surface area (Å²) in [6.45, 7) is 0. The summed E-state index contributed by atoms with van der Waals surface area (Å²) in [6.07, 6.45) is -0.389. The molecule has 0 unspecified atom stereocenters. The van der Waals surface area contributed by atoms with Crippen LogP contribution in [0.1, 0.15) is 5.56 Å². The molecule has 2 N–H and O–H groups in total. The van der Waals surface area contributed by atoms with Gasteiger partial charge in [-0.25, -0.2) is 9.98 Å². The lowest BCUT2D eigenvalue weighted by atomic mass is 10.1. The van der Waals surface area contributed by atoms with Gasteiger partial charge in [0.25, 0.3) is 0 Å². The van der Waals surface area contributed by atoms with E-state index in [2.05, 4.69) is 9.98 Å². The van der Waals surface area contributed by atoms with Crippen molar-refractivity contribution in [3.05, 3.63) is 42.5 Å². The number of hydrogen-bond acceptors (Lipinski definition) is 2. The van der Waals surface area contributed by atoms with Gasteiger partial charge in [0.2, 0.25) is 0 Å². The molecule has 0 bridgehead atoms. The largest absolute Gasteiger partial charge is 0.418 e. The standard InChI is InChI=1S/C12H10ClF3N4/c13-6-11(17)19-8-1-2-10(20-4-3-18-7-20)9(5-8)12(14,15)16/h1-5,7H,6H2,(H2,17,19). The minimum Gasteiger partial charge on any atom is -0.386 e. The molecule has 0 aliphatic heterocycles. The van der Waals surface area contributed by atoms with E-state index in [-0.39, 0.29) is 23.1 Å². The number of imidazole rings is 1. The van der Waals surface area contributed by atoms with E-state index < -0.39 is 11.7 Å². The number of aromatic nitrogens is 2. The molecule has 2 rings (SSSR count). The smallest absolute Gasteiger partial charge is 0.386 e. The minimum atomic E-state index is -4.51. The number of halogens is 4. The van der Waals surface area contributed by atoms with Crippen LogP contribution in [0.25, 0.3) is 5.69 Å². The van der Waals surface area contributed by atoms with Gasteiger partial charge in [0, 0.05) is 12.4 Å². The van der Waals surface area contributed by atoms with Crippen LogP contribution in [0.2, 0.25) is 0 Å². The molecule has 0 fully saturated rings. The molecule has 0 radical (unpaired) electrons. The van der Waals surface area contributed by atoms with Crippen molar-refractivity contribution in [3.8, 4) is 5.69 Å². The minimum absolute atomic E-state index is 0.0293. The molecule has 8 heteroatoms. The first-order valence-corrected chi connectivity index (χ1v) is 6.04. The van der Waals surface area contributed by atoms with E-state index in [1.54, 1.807) is 0 Å². The lowest BCUT2D eigenvalue weighted by Gasteiger charge is -2.14. The second-order valence-electron chi connectivity index (χ2n) is 3.91. The van der Waals surface area contributed by atoms with Gasteiger partial charge < -0.3 is 10.3 Å². The maximum absolute atomic E-state index is 13.1. The Hall–Kier alpha value is -2.02. The van der Waals surface area contributed by atoms with E-state index in [1.807, 2.05) is 0 Å². The van der Waals surface area contributed by atoms with Crippen LogP contribution in [0.4, 0.5) is 18.9 Å². The fourth-order valence-corrected chi connectivity index (χ4v) is 1.70. The van der Waals surface area contributed by atoms with Gasteiger partial charge in [0.1, 0.15) is 5.84 Å². The first-order chi connectivity index (χ1) is 9.41. The van der Waals surface area contributed by atoms with Gasteiger partial charge in [0.05, 0.1) is 29.1 Å². The van der Waals surface area contributed by atoms with Crippen LogP contribution >= 0.6 is 11.6 Å². The molecular weight excluding hydrogens is 293 g/mol. The zero-order valence-corrected chi connectivity index (χ0v) is 10.9. The SMILES string of the molecule is NC(CCl)=Nc1ccc(-n2ccnc2)c(C(F)(F)F)c1. The zero-order valence-electron chi connectivity index (χ0n) is 10.1. The zero-order chi connectivity index (χ0) is 14.8. The molecule has 0 atom stereocenters. The van der Waals surface area contributed by atoms with Crippen molar-refractivity contribution in [1.29, 1.82) is 0 Å². The molecule has 1 heterocycles. The molecule has 1 aromatic heterocycles. The van der Waals surface area contributed by atoms with Crippen LogP contribution in [0, 0.1) is 0 Å². The van der Waals surface area contributed by atoms with Gasteiger partial charge in [-0.05, 0) is 18.2 Å². The Labute approximate surface area is 117 Å². The Balaban J connectivity index is 2.55. The molecule has 0 amide bonds. The maximum atomic E-state index is 13.1. The first kappa shape index (κ1) is 14.4. The second-order valence-corrected chi connectivity index (χ2v) is 4.17. The van der Waals surface area contributed by atoms with Gasteiger partial charge in [-0.1, -0.05) is 0 Å². The van der Waals surface area contributed by atoms with Crippen molar-refractivity contribution in [1.82, 2.24) is 9.55 Å². The highest BCUT2D eigenvalue weighted by molar-refractivity contribution is 6.28. The van der Waals surface area contributed by atoms with E-state index in [0.29, 0.717) is 0 Å². The van der Waals surface area contributed by atoms with E-state index in [0.717, 1.165) is 6.07 Å². The molecule has 0 spiro atoms.